The summed E-state index contributed by atoms with van der Waals surface area (Å²) in [6.45, 7) is 4.66. The summed E-state index contributed by atoms with van der Waals surface area (Å²) in [5.41, 5.74) is 7.00. The van der Waals surface area contributed by atoms with Gasteiger partial charge in [0.25, 0.3) is 5.91 Å². The molecule has 0 unspecified atom stereocenters. The SMILES string of the molecule is COc1cccc([C@H](C)NC(=O)c2ccc3nc(C)n(Cc4ccc(-c5ccccc5)cc4)c3c2)c1. The molecule has 36 heavy (non-hydrogen) atoms. The molecule has 0 fully saturated rings. The lowest BCUT2D eigenvalue weighted by atomic mass is 10.0. The standard InChI is InChI=1S/C31H29N3O2/c1-21(26-10-7-11-28(18-26)36-3)32-31(35)27-16-17-29-30(19-27)34(22(2)33-29)20-23-12-14-25(15-13-23)24-8-5-4-6-9-24/h4-19,21H,20H2,1-3H3,(H,32,35)/t21-/m0/s1. The molecule has 180 valence electrons. The van der Waals surface area contributed by atoms with Crippen LogP contribution in [0, 0.1) is 6.92 Å². The summed E-state index contributed by atoms with van der Waals surface area (Å²) in [6.07, 6.45) is 0. The van der Waals surface area contributed by atoms with E-state index in [0.717, 1.165) is 28.2 Å². The Bertz CT molecular complexity index is 1500. The van der Waals surface area contributed by atoms with Crippen LogP contribution in [0.15, 0.2) is 97.1 Å². The Kier molecular flexibility index (Phi) is 6.54. The minimum atomic E-state index is -0.155. The van der Waals surface area contributed by atoms with Crippen molar-refractivity contribution in [2.45, 2.75) is 26.4 Å². The number of methoxy groups -OCH3 is 1. The van der Waals surface area contributed by atoms with Crippen molar-refractivity contribution in [3.63, 3.8) is 0 Å². The summed E-state index contributed by atoms with van der Waals surface area (Å²) < 4.78 is 7.48. The molecule has 5 heteroatoms. The van der Waals surface area contributed by atoms with Crippen LogP contribution in [0.2, 0.25) is 0 Å². The monoisotopic (exact) mass is 475 g/mol. The molecule has 5 nitrogen and oxygen atoms in total. The maximum absolute atomic E-state index is 13.1. The minimum absolute atomic E-state index is 0.121. The zero-order valence-electron chi connectivity index (χ0n) is 20.7. The van der Waals surface area contributed by atoms with Crippen LogP contribution < -0.4 is 10.1 Å². The highest BCUT2D eigenvalue weighted by Crippen LogP contribution is 2.24. The van der Waals surface area contributed by atoms with E-state index in [2.05, 4.69) is 58.4 Å². The summed E-state index contributed by atoms with van der Waals surface area (Å²) in [5.74, 6) is 1.57. The summed E-state index contributed by atoms with van der Waals surface area (Å²) in [5, 5.41) is 3.10. The van der Waals surface area contributed by atoms with Crippen molar-refractivity contribution in [2.75, 3.05) is 7.11 Å². The van der Waals surface area contributed by atoms with Gasteiger partial charge in [0.15, 0.2) is 0 Å². The number of aromatic nitrogens is 2. The average Bonchev–Trinajstić information content (AvgIpc) is 3.23. The number of nitrogens with zero attached hydrogens (tertiary/aromatic N) is 2. The molecule has 4 aromatic carbocycles. The van der Waals surface area contributed by atoms with E-state index in [1.54, 1.807) is 7.11 Å². The van der Waals surface area contributed by atoms with Crippen molar-refractivity contribution >= 4 is 16.9 Å². The Morgan fingerprint density at radius 2 is 1.67 bits per heavy atom. The topological polar surface area (TPSA) is 56.1 Å². The van der Waals surface area contributed by atoms with Gasteiger partial charge < -0.3 is 14.6 Å². The van der Waals surface area contributed by atoms with Gasteiger partial charge in [0.05, 0.1) is 24.2 Å². The molecule has 1 N–H and O–H groups in total. The molecule has 0 aliphatic heterocycles. The number of hydrogen-bond acceptors (Lipinski definition) is 3. The van der Waals surface area contributed by atoms with E-state index in [1.165, 1.54) is 16.7 Å². The number of carbonyl (C=O) groups is 1. The van der Waals surface area contributed by atoms with Crippen LogP contribution >= 0.6 is 0 Å². The van der Waals surface area contributed by atoms with Gasteiger partial charge in [0, 0.05) is 12.1 Å². The van der Waals surface area contributed by atoms with Gasteiger partial charge in [-0.1, -0.05) is 66.7 Å². The maximum atomic E-state index is 13.1. The summed E-state index contributed by atoms with van der Waals surface area (Å²) in [4.78, 5) is 17.8. The molecule has 0 aliphatic rings. The molecule has 5 aromatic rings. The van der Waals surface area contributed by atoms with Crippen LogP contribution in [0.4, 0.5) is 0 Å². The molecular weight excluding hydrogens is 446 g/mol. The summed E-state index contributed by atoms with van der Waals surface area (Å²) >= 11 is 0. The van der Waals surface area contributed by atoms with E-state index in [1.807, 2.05) is 62.4 Å². The summed E-state index contributed by atoms with van der Waals surface area (Å²) in [7, 11) is 1.64. The van der Waals surface area contributed by atoms with Gasteiger partial charge in [-0.25, -0.2) is 4.98 Å². The Hall–Kier alpha value is -4.38. The second kappa shape index (κ2) is 10.1. The molecule has 1 aromatic heterocycles. The van der Waals surface area contributed by atoms with Crippen molar-refractivity contribution in [3.05, 3.63) is 120 Å². The molecule has 1 atom stereocenters. The van der Waals surface area contributed by atoms with Crippen molar-refractivity contribution in [1.29, 1.82) is 0 Å². The second-order valence-corrected chi connectivity index (χ2v) is 8.98. The average molecular weight is 476 g/mol. The zero-order chi connectivity index (χ0) is 25.1. The lowest BCUT2D eigenvalue weighted by Crippen LogP contribution is -2.26. The number of benzene rings is 4. The lowest BCUT2D eigenvalue weighted by molar-refractivity contribution is 0.0940. The number of rotatable bonds is 7. The number of ether oxygens (including phenoxy) is 1. The molecule has 5 rings (SSSR count). The van der Waals surface area contributed by atoms with Gasteiger partial charge in [0.2, 0.25) is 0 Å². The largest absolute Gasteiger partial charge is 0.497 e. The Morgan fingerprint density at radius 3 is 2.42 bits per heavy atom. The molecule has 0 spiro atoms. The van der Waals surface area contributed by atoms with Gasteiger partial charge in [-0.15, -0.1) is 0 Å². The first kappa shape index (κ1) is 23.4. The molecule has 0 aliphatic carbocycles. The third kappa shape index (κ3) is 4.86. The number of aryl methyl sites for hydroxylation is 1. The fraction of sp³-hybridized carbons (Fsp3) is 0.161. The molecule has 1 amide bonds. The van der Waals surface area contributed by atoms with E-state index in [-0.39, 0.29) is 11.9 Å². The predicted octanol–water partition coefficient (Wildman–Crippen LogP) is 6.56. The van der Waals surface area contributed by atoms with Crippen molar-refractivity contribution in [3.8, 4) is 16.9 Å². The van der Waals surface area contributed by atoms with Gasteiger partial charge in [-0.3, -0.25) is 4.79 Å². The number of hydrogen-bond donors (Lipinski definition) is 1. The first-order valence-electron chi connectivity index (χ1n) is 12.1. The molecule has 0 bridgehead atoms. The Morgan fingerprint density at radius 1 is 0.917 bits per heavy atom. The van der Waals surface area contributed by atoms with Gasteiger partial charge in [0.1, 0.15) is 11.6 Å². The van der Waals surface area contributed by atoms with Crippen molar-refractivity contribution in [2.24, 2.45) is 0 Å². The third-order valence-corrected chi connectivity index (χ3v) is 6.54. The van der Waals surface area contributed by atoms with Crippen molar-refractivity contribution in [1.82, 2.24) is 14.9 Å². The van der Waals surface area contributed by atoms with Crippen molar-refractivity contribution < 1.29 is 9.53 Å². The number of carbonyl (C=O) groups excluding carboxylic acids is 1. The Balaban J connectivity index is 1.37. The predicted molar refractivity (Wildman–Crippen MR) is 144 cm³/mol. The molecule has 0 saturated carbocycles. The third-order valence-electron chi connectivity index (χ3n) is 6.54. The quantitative estimate of drug-likeness (QED) is 0.290. The fourth-order valence-corrected chi connectivity index (χ4v) is 4.47. The molecule has 0 radical (unpaired) electrons. The van der Waals surface area contributed by atoms with Crippen LogP contribution in [-0.2, 0) is 6.54 Å². The minimum Gasteiger partial charge on any atom is -0.497 e. The highest BCUT2D eigenvalue weighted by atomic mass is 16.5. The number of amides is 1. The normalized spacial score (nSPS) is 11.9. The second-order valence-electron chi connectivity index (χ2n) is 8.98. The van der Waals surface area contributed by atoms with Crippen LogP contribution in [0.5, 0.6) is 5.75 Å². The van der Waals surface area contributed by atoms with Gasteiger partial charge in [-0.05, 0) is 66.4 Å². The van der Waals surface area contributed by atoms with Crippen LogP contribution in [0.1, 0.15) is 40.3 Å². The smallest absolute Gasteiger partial charge is 0.251 e. The van der Waals surface area contributed by atoms with Crippen LogP contribution in [0.3, 0.4) is 0 Å². The van der Waals surface area contributed by atoms with E-state index < -0.39 is 0 Å². The summed E-state index contributed by atoms with van der Waals surface area (Å²) in [6, 6.07) is 32.2. The van der Waals surface area contributed by atoms with Crippen LogP contribution in [0.25, 0.3) is 22.2 Å². The first-order valence-corrected chi connectivity index (χ1v) is 12.1. The van der Waals surface area contributed by atoms with Gasteiger partial charge in [-0.2, -0.15) is 0 Å². The lowest BCUT2D eigenvalue weighted by Gasteiger charge is -2.15. The van der Waals surface area contributed by atoms with E-state index in [9.17, 15) is 4.79 Å². The van der Waals surface area contributed by atoms with Gasteiger partial charge >= 0.3 is 0 Å². The highest BCUT2D eigenvalue weighted by molar-refractivity contribution is 5.97. The number of nitrogens with one attached hydrogen (secondary N) is 1. The zero-order valence-corrected chi connectivity index (χ0v) is 20.7. The highest BCUT2D eigenvalue weighted by Gasteiger charge is 2.15. The molecular formula is C31H29N3O2. The van der Waals surface area contributed by atoms with E-state index in [0.29, 0.717) is 12.1 Å². The van der Waals surface area contributed by atoms with E-state index >= 15 is 0 Å². The van der Waals surface area contributed by atoms with E-state index in [4.69, 9.17) is 9.72 Å². The van der Waals surface area contributed by atoms with Crippen LogP contribution in [-0.4, -0.2) is 22.6 Å². The molecule has 0 saturated heterocycles. The fourth-order valence-electron chi connectivity index (χ4n) is 4.47. The number of imidazole rings is 1. The number of fused-ring (bicyclic) bond motifs is 1. The molecule has 1 heterocycles. The maximum Gasteiger partial charge on any atom is 0.251 e. The first-order chi connectivity index (χ1) is 17.5. The Labute approximate surface area is 211 Å².